The van der Waals surface area contributed by atoms with Gasteiger partial charge in [0.1, 0.15) is 48.7 Å². The number of hydroxylamine groups is 2. The van der Waals surface area contributed by atoms with Crippen molar-refractivity contribution in [1.82, 2.24) is 26.2 Å². The lowest BCUT2D eigenvalue weighted by Gasteiger charge is -2.31. The van der Waals surface area contributed by atoms with E-state index in [1.54, 1.807) is 92.7 Å². The number of aryl methyl sites for hydroxylation is 2. The number of rotatable bonds is 29. The van der Waals surface area contributed by atoms with E-state index in [1.165, 1.54) is 37.3 Å². The molecule has 0 aliphatic heterocycles. The first-order chi connectivity index (χ1) is 37.3. The molecule has 6 rings (SSSR count). The molecule has 77 heavy (non-hydrogen) atoms. The summed E-state index contributed by atoms with van der Waals surface area (Å²) < 4.78 is 33.3. The number of unbranched alkanes of at least 4 members (excludes halogenated alkanes) is 2. The molecule has 0 saturated heterocycles. The molecule has 0 aliphatic carbocycles. The van der Waals surface area contributed by atoms with Gasteiger partial charge in [-0.2, -0.15) is 5.06 Å². The van der Waals surface area contributed by atoms with Crippen molar-refractivity contribution >= 4 is 48.0 Å². The van der Waals surface area contributed by atoms with E-state index >= 15 is 0 Å². The van der Waals surface area contributed by atoms with E-state index in [1.807, 2.05) is 19.1 Å². The van der Waals surface area contributed by atoms with E-state index in [2.05, 4.69) is 21.1 Å². The van der Waals surface area contributed by atoms with Crippen molar-refractivity contribution in [2.75, 3.05) is 13.3 Å². The summed E-state index contributed by atoms with van der Waals surface area (Å²) in [5.74, 6) is -6.27. The molecule has 3 atom stereocenters. The summed E-state index contributed by atoms with van der Waals surface area (Å²) in [7, 11) is 0. The molecule has 0 aliphatic rings. The fourth-order valence-corrected chi connectivity index (χ4v) is 8.00. The summed E-state index contributed by atoms with van der Waals surface area (Å²) in [6.07, 6.45) is 2.61. The number of aromatic nitrogens is 1. The smallest absolute Gasteiger partial charge is 0.368 e. The van der Waals surface area contributed by atoms with Crippen molar-refractivity contribution in [3.8, 4) is 17.1 Å². The molecule has 0 spiro atoms. The first-order valence-electron chi connectivity index (χ1n) is 25.0. The fourth-order valence-electron chi connectivity index (χ4n) is 8.00. The Kier molecular flexibility index (Phi) is 21.6. The molecule has 4 amide bonds. The van der Waals surface area contributed by atoms with E-state index in [0.29, 0.717) is 35.9 Å². The van der Waals surface area contributed by atoms with Gasteiger partial charge in [0.05, 0.1) is 36.3 Å². The summed E-state index contributed by atoms with van der Waals surface area (Å²) >= 11 is 0. The third kappa shape index (κ3) is 17.0. The summed E-state index contributed by atoms with van der Waals surface area (Å²) in [5, 5.41) is 12.5. The van der Waals surface area contributed by atoms with Crippen LogP contribution in [-0.2, 0) is 62.8 Å². The number of amides is 4. The highest BCUT2D eigenvalue weighted by Crippen LogP contribution is 2.30. The number of nitrogens with one attached hydrogen (secondary N) is 3. The topological polar surface area (TPSA) is 261 Å². The number of carbonyl (C=O) groups is 8. The van der Waals surface area contributed by atoms with Gasteiger partial charge in [-0.1, -0.05) is 135 Å². The molecule has 3 N–H and O–H groups in total. The van der Waals surface area contributed by atoms with E-state index in [4.69, 9.17) is 32.7 Å². The summed E-state index contributed by atoms with van der Waals surface area (Å²) in [6.45, 7) is 5.56. The van der Waals surface area contributed by atoms with E-state index < -0.39 is 72.6 Å². The molecular weight excluding hydrogens is 995 g/mol. The molecule has 2 aromatic heterocycles. The molecule has 404 valence electrons. The number of ether oxygens (including phenoxy) is 4. The van der Waals surface area contributed by atoms with Crippen LogP contribution in [-0.4, -0.2) is 83.6 Å². The van der Waals surface area contributed by atoms with Crippen molar-refractivity contribution in [1.29, 1.82) is 0 Å². The van der Waals surface area contributed by atoms with Crippen molar-refractivity contribution in [3.63, 3.8) is 0 Å². The van der Waals surface area contributed by atoms with Crippen LogP contribution in [0.15, 0.2) is 130 Å². The SMILES string of the molecule is CCCCC[C@@H](C(=O)NCNC(=O)c1ccc(-c2ccc(C(=O)N[C@@H](CC(=O)OCc3ccccc3)C(=O)OCc3ccccc3)c(OCC(=O)OCc3ccccc3)c2)o1)[C@@H](CC)N(C=O)OC(=O)c1c(C)noc1C. The molecule has 6 aromatic rings. The van der Waals surface area contributed by atoms with Crippen LogP contribution in [0.1, 0.15) is 112 Å². The van der Waals surface area contributed by atoms with E-state index in [9.17, 15) is 38.4 Å². The van der Waals surface area contributed by atoms with Gasteiger partial charge in [0.15, 0.2) is 12.4 Å². The Hall–Kier alpha value is -9.07. The van der Waals surface area contributed by atoms with Gasteiger partial charge in [-0.05, 0) is 67.6 Å². The number of hydrogen-bond donors (Lipinski definition) is 3. The summed E-state index contributed by atoms with van der Waals surface area (Å²) in [4.78, 5) is 112. The monoisotopic (exact) mass is 1060 g/mol. The highest BCUT2D eigenvalue weighted by atomic mass is 16.7. The van der Waals surface area contributed by atoms with Gasteiger partial charge in [-0.3, -0.25) is 24.0 Å². The standard InChI is InChI=1S/C57H61N5O15/c1-5-7-11-24-43(46(6-2)62(36-63)77-57(70)52-37(3)61-76-38(52)4)53(66)58-35-59-55(68)48-28-27-47(75-48)42-25-26-44(49(29-42)71-34-51(65)73-32-40-20-14-9-15-21-40)54(67)60-45(56(69)74-33-41-22-16-10-17-23-41)30-50(64)72-31-39-18-12-8-13-19-39/h8-10,12-23,25-29,36,43,45-46H,5-7,11,24,30-35H2,1-4H3,(H,58,66)(H,59,68)(H,60,67)/t43-,45+,46-/m1/s1. The number of nitrogens with zero attached hydrogens (tertiary/aromatic N) is 2. The maximum absolute atomic E-state index is 14.2. The van der Waals surface area contributed by atoms with Crippen molar-refractivity contribution < 1.29 is 71.1 Å². The van der Waals surface area contributed by atoms with Crippen LogP contribution in [0.5, 0.6) is 5.75 Å². The second-order valence-electron chi connectivity index (χ2n) is 17.6. The van der Waals surface area contributed by atoms with Crippen molar-refractivity contribution in [2.45, 2.75) is 98.1 Å². The second kappa shape index (κ2) is 29.1. The first-order valence-corrected chi connectivity index (χ1v) is 25.0. The van der Waals surface area contributed by atoms with Crippen LogP contribution in [0.3, 0.4) is 0 Å². The molecule has 4 aromatic carbocycles. The number of benzene rings is 4. The molecule has 20 nitrogen and oxygen atoms in total. The molecule has 0 unspecified atom stereocenters. The first kappa shape index (κ1) is 57.2. The fraction of sp³-hybridized carbons (Fsp3) is 0.316. The minimum absolute atomic E-state index is 0.0513. The van der Waals surface area contributed by atoms with Gasteiger partial charge in [0.25, 0.3) is 11.8 Å². The van der Waals surface area contributed by atoms with Crippen molar-refractivity contribution in [2.24, 2.45) is 5.92 Å². The lowest BCUT2D eigenvalue weighted by molar-refractivity contribution is -0.171. The Labute approximate surface area is 444 Å². The largest absolute Gasteiger partial charge is 0.481 e. The molecule has 20 heteroatoms. The van der Waals surface area contributed by atoms with Crippen LogP contribution in [0.4, 0.5) is 0 Å². The predicted molar refractivity (Wildman–Crippen MR) is 276 cm³/mol. The quantitative estimate of drug-likeness (QED) is 0.0102. The maximum Gasteiger partial charge on any atom is 0.368 e. The van der Waals surface area contributed by atoms with Gasteiger partial charge in [-0.25, -0.2) is 14.4 Å². The number of furan rings is 1. The zero-order valence-electron chi connectivity index (χ0n) is 43.2. The Morgan fingerprint density at radius 2 is 1.34 bits per heavy atom. The lowest BCUT2D eigenvalue weighted by atomic mass is 9.90. The third-order valence-electron chi connectivity index (χ3n) is 12.1. The molecule has 0 radical (unpaired) electrons. The molecule has 0 bridgehead atoms. The third-order valence-corrected chi connectivity index (χ3v) is 12.1. The van der Waals surface area contributed by atoms with Crippen molar-refractivity contribution in [3.05, 3.63) is 166 Å². The average Bonchev–Trinajstić information content (AvgIpc) is 4.11. The number of carbonyl (C=O) groups excluding carboxylic acids is 8. The molecule has 0 fully saturated rings. The zero-order valence-corrected chi connectivity index (χ0v) is 43.2. The highest BCUT2D eigenvalue weighted by Gasteiger charge is 2.35. The summed E-state index contributed by atoms with van der Waals surface area (Å²) in [5.41, 5.74) is 2.57. The Bertz CT molecular complexity index is 2920. The Morgan fingerprint density at radius 3 is 1.92 bits per heavy atom. The molecule has 2 heterocycles. The van der Waals surface area contributed by atoms with Crippen LogP contribution >= 0.6 is 0 Å². The average molecular weight is 1060 g/mol. The van der Waals surface area contributed by atoms with Crippen LogP contribution < -0.4 is 20.7 Å². The second-order valence-corrected chi connectivity index (χ2v) is 17.6. The predicted octanol–water partition coefficient (Wildman–Crippen LogP) is 7.66. The Balaban J connectivity index is 1.16. The van der Waals surface area contributed by atoms with Gasteiger partial charge in [-0.15, -0.1) is 0 Å². The maximum atomic E-state index is 14.2. The van der Waals surface area contributed by atoms with E-state index in [0.717, 1.165) is 23.5 Å². The van der Waals surface area contributed by atoms with Gasteiger partial charge >= 0.3 is 23.9 Å². The highest BCUT2D eigenvalue weighted by molar-refractivity contribution is 6.00. The zero-order chi connectivity index (χ0) is 55.1. The lowest BCUT2D eigenvalue weighted by Crippen LogP contribution is -2.49. The van der Waals surface area contributed by atoms with Crippen LogP contribution in [0, 0.1) is 19.8 Å². The van der Waals surface area contributed by atoms with Gasteiger partial charge < -0.3 is 48.7 Å². The van der Waals surface area contributed by atoms with Gasteiger partial charge in [0, 0.05) is 5.56 Å². The summed E-state index contributed by atoms with van der Waals surface area (Å²) in [6, 6.07) is 31.3. The van der Waals surface area contributed by atoms with E-state index in [-0.39, 0.29) is 72.8 Å². The Morgan fingerprint density at radius 1 is 0.714 bits per heavy atom. The van der Waals surface area contributed by atoms with Gasteiger partial charge in [0.2, 0.25) is 12.3 Å². The normalized spacial score (nSPS) is 11.9. The minimum atomic E-state index is -1.52. The van der Waals surface area contributed by atoms with Crippen LogP contribution in [0.25, 0.3) is 11.3 Å². The molecule has 0 saturated carbocycles. The molecular formula is C57H61N5O15. The number of hydrogen-bond acceptors (Lipinski definition) is 16. The minimum Gasteiger partial charge on any atom is -0.481 e. The number of esters is 3. The van der Waals surface area contributed by atoms with Crippen LogP contribution in [0.2, 0.25) is 0 Å².